The number of rotatable bonds is 9. The van der Waals surface area contributed by atoms with Crippen LogP contribution in [-0.2, 0) is 24.8 Å². The molecule has 5 nitrogen and oxygen atoms in total. The predicted molar refractivity (Wildman–Crippen MR) is 176 cm³/mol. The largest absolute Gasteiger partial charge is 0.506 e. The Bertz CT molecular complexity index is 1400. The van der Waals surface area contributed by atoms with Gasteiger partial charge in [-0.1, -0.05) is 17.7 Å². The van der Waals surface area contributed by atoms with Crippen LogP contribution < -0.4 is 9.80 Å². The summed E-state index contributed by atoms with van der Waals surface area (Å²) in [7, 11) is 11.9. The molecule has 1 heterocycles. The second kappa shape index (κ2) is 16.9. The van der Waals surface area contributed by atoms with E-state index in [1.54, 1.807) is 53.5 Å². The molecule has 1 saturated heterocycles. The molecule has 0 atom stereocenters. The van der Waals surface area contributed by atoms with Gasteiger partial charge in [0.25, 0.3) is 0 Å². The third-order valence-corrected chi connectivity index (χ3v) is 9.11. The number of benzene rings is 3. The number of hydrogen-bond acceptors (Lipinski definition) is 5. The van der Waals surface area contributed by atoms with Gasteiger partial charge >= 0.3 is 171 Å². The fraction of sp³-hybridized carbons (Fsp3) is 0.344. The molecule has 4 rings (SSSR count). The van der Waals surface area contributed by atoms with Crippen molar-refractivity contribution < 1.29 is 31.8 Å². The molecule has 3 aromatic carbocycles. The van der Waals surface area contributed by atoms with Crippen molar-refractivity contribution in [3.63, 3.8) is 0 Å². The van der Waals surface area contributed by atoms with Crippen LogP contribution in [0.2, 0.25) is 0 Å². The van der Waals surface area contributed by atoms with E-state index in [1.807, 2.05) is 0 Å². The van der Waals surface area contributed by atoms with Crippen molar-refractivity contribution in [1.29, 1.82) is 0 Å². The van der Waals surface area contributed by atoms with E-state index in [0.29, 0.717) is 17.8 Å². The van der Waals surface area contributed by atoms with Crippen molar-refractivity contribution in [3.05, 3.63) is 101 Å². The number of hydrogen-bond donors (Lipinski definition) is 0. The van der Waals surface area contributed by atoms with E-state index in [1.165, 1.54) is 46.6 Å². The Morgan fingerprint density at radius 3 is 2.23 bits per heavy atom. The van der Waals surface area contributed by atoms with E-state index in [0.717, 1.165) is 18.7 Å². The molecule has 1 fully saturated rings. The first-order valence-corrected chi connectivity index (χ1v) is 20.4. The molecule has 1 aliphatic rings. The topological polar surface area (TPSA) is 40.4 Å². The van der Waals surface area contributed by atoms with Crippen molar-refractivity contribution in [3.8, 4) is 0 Å². The van der Waals surface area contributed by atoms with Gasteiger partial charge in [-0.15, -0.1) is 11.9 Å². The van der Waals surface area contributed by atoms with E-state index in [-0.39, 0.29) is 30.3 Å². The summed E-state index contributed by atoms with van der Waals surface area (Å²) < 4.78 is 36.2. The average Bonchev–Trinajstić information content (AvgIpc) is 3.38. The summed E-state index contributed by atoms with van der Waals surface area (Å²) in [4.78, 5) is 14.3. The molecule has 3 aromatic rings. The summed E-state index contributed by atoms with van der Waals surface area (Å²) in [5.41, 5.74) is 7.53. The quantitative estimate of drug-likeness (QED) is 0.0730. The fourth-order valence-corrected chi connectivity index (χ4v) is 7.20. The number of aryl methyl sites for hydroxylation is 3. The molecular weight excluding hydrogens is 700 g/mol. The first-order chi connectivity index (χ1) is 20.4. The smallest absolute Gasteiger partial charge is 0.0142 e. The molecule has 0 saturated carbocycles. The standard InChI is InChI=1S/C19H19F2NO2.C13H19N2S.2ClH.Ru/c1-13(2)24-19(23)12-22(18-8-6-16(20)7-9-18)11-15-4-5-17(21)10-14(15)3;1-10-7-11(2)13(12(3)8-10)14-5-6-15(9-14)16-4;;;/h3-10,13H,11-12H2,1-2H3;7-9H,5-6H2,1-4H3;2*1H;/q;-1;;;+2/p-1. The molecule has 0 unspecified atom stereocenters. The second-order valence-corrected chi connectivity index (χ2v) is 17.0. The Hall–Kier alpha value is -2.03. The monoisotopic (exact) mass is 739 g/mol. The fourth-order valence-electron chi connectivity index (χ4n) is 4.87. The van der Waals surface area contributed by atoms with E-state index in [2.05, 4.69) is 55.0 Å². The van der Waals surface area contributed by atoms with Gasteiger partial charge in [-0.05, 0) is 44.7 Å². The van der Waals surface area contributed by atoms with Gasteiger partial charge in [0.1, 0.15) is 0 Å². The van der Waals surface area contributed by atoms with E-state index < -0.39 is 13.5 Å². The Balaban J connectivity index is 0.000000268. The van der Waals surface area contributed by atoms with Crippen LogP contribution in [0.1, 0.15) is 41.7 Å². The van der Waals surface area contributed by atoms with Gasteiger partial charge in [0, 0.05) is 12.2 Å². The molecule has 0 aromatic heterocycles. The number of esters is 1. The third-order valence-electron chi connectivity index (χ3n) is 6.53. The zero-order valence-electron chi connectivity index (χ0n) is 25.2. The molecule has 0 spiro atoms. The van der Waals surface area contributed by atoms with Crippen LogP contribution >= 0.6 is 31.3 Å². The molecule has 0 aliphatic carbocycles. The van der Waals surface area contributed by atoms with E-state index >= 15 is 0 Å². The molecular formula is C32H39Cl2F2N3O2RuS. The summed E-state index contributed by atoms with van der Waals surface area (Å²) in [6.45, 7) is 15.0. The maximum absolute atomic E-state index is 13.6. The molecule has 43 heavy (non-hydrogen) atoms. The van der Waals surface area contributed by atoms with Crippen LogP contribution in [0.5, 0.6) is 0 Å². The maximum Gasteiger partial charge on any atom is 0.0142 e. The number of carbonyl (C=O) groups excluding carboxylic acids is 1. The predicted octanol–water partition coefficient (Wildman–Crippen LogP) is 8.11. The third kappa shape index (κ3) is 11.1. The maximum atomic E-state index is 13.6. The number of nitrogens with zero attached hydrogens (tertiary/aromatic N) is 3. The SMILES string of the molecule is CC(C)OC(=[OH+])CN(Cc1ccc(F)cc1[CH]=[Ru]([Cl])[Cl])c1ccc(F)cc1.CSN1[CH-]N(c2c(C)cc(C)cc2C)CC1. The van der Waals surface area contributed by atoms with Crippen molar-refractivity contribution >= 4 is 53.3 Å². The van der Waals surface area contributed by atoms with Crippen LogP contribution in [0.15, 0.2) is 54.6 Å². The second-order valence-electron chi connectivity index (χ2n) is 10.4. The van der Waals surface area contributed by atoms with Crippen molar-refractivity contribution in [1.82, 2.24) is 4.31 Å². The van der Waals surface area contributed by atoms with Crippen LogP contribution in [-0.4, -0.2) is 51.7 Å². The molecule has 11 heteroatoms. The summed E-state index contributed by atoms with van der Waals surface area (Å²) in [6.07, 6.45) is 1.93. The Labute approximate surface area is 271 Å². The van der Waals surface area contributed by atoms with Gasteiger partial charge in [-0.2, -0.15) is 6.67 Å². The van der Waals surface area contributed by atoms with Crippen LogP contribution in [0.4, 0.5) is 20.2 Å². The van der Waals surface area contributed by atoms with Gasteiger partial charge < -0.3 is 9.21 Å². The van der Waals surface area contributed by atoms with Gasteiger partial charge in [-0.3, -0.25) is 0 Å². The molecule has 0 radical (unpaired) electrons. The van der Waals surface area contributed by atoms with E-state index in [9.17, 15) is 13.6 Å². The Morgan fingerprint density at radius 1 is 1.05 bits per heavy atom. The van der Waals surface area contributed by atoms with E-state index in [4.69, 9.17) is 24.1 Å². The molecule has 1 aliphatic heterocycles. The Kier molecular flexibility index (Phi) is 13.9. The first kappa shape index (κ1) is 35.5. The first-order valence-electron chi connectivity index (χ1n) is 13.7. The summed E-state index contributed by atoms with van der Waals surface area (Å²) in [5, 5.41) is 0. The summed E-state index contributed by atoms with van der Waals surface area (Å²) in [5.74, 6) is -0.914. The van der Waals surface area contributed by atoms with Gasteiger partial charge in [0.05, 0.1) is 0 Å². The molecule has 0 amide bonds. The van der Waals surface area contributed by atoms with Gasteiger partial charge in [0.2, 0.25) is 0 Å². The summed E-state index contributed by atoms with van der Waals surface area (Å²) in [6, 6.07) is 14.8. The minimum absolute atomic E-state index is 0.0730. The van der Waals surface area contributed by atoms with Crippen LogP contribution in [0, 0.1) is 39.1 Å². The van der Waals surface area contributed by atoms with Crippen molar-refractivity contribution in [2.75, 3.05) is 35.7 Å². The molecule has 236 valence electrons. The number of anilines is 2. The molecule has 0 bridgehead atoms. The van der Waals surface area contributed by atoms with Crippen LogP contribution in [0.3, 0.4) is 0 Å². The Morgan fingerprint density at radius 2 is 1.67 bits per heavy atom. The minimum Gasteiger partial charge on any atom is -0.506 e. The number of ether oxygens (including phenoxy) is 1. The zero-order valence-corrected chi connectivity index (χ0v) is 29.3. The van der Waals surface area contributed by atoms with Gasteiger partial charge in [-0.25, -0.2) is 0 Å². The average molecular weight is 740 g/mol. The zero-order chi connectivity index (χ0) is 31.7. The van der Waals surface area contributed by atoms with Crippen molar-refractivity contribution in [2.45, 2.75) is 47.3 Å². The van der Waals surface area contributed by atoms with Gasteiger partial charge in [0.15, 0.2) is 0 Å². The minimum atomic E-state index is -2.16. The summed E-state index contributed by atoms with van der Waals surface area (Å²) >= 11 is -0.375. The van der Waals surface area contributed by atoms with Crippen LogP contribution in [0.25, 0.3) is 0 Å². The number of halogens is 4. The normalized spacial score (nSPS) is 13.5. The molecule has 1 N–H and O–H groups in total. The van der Waals surface area contributed by atoms with Crippen molar-refractivity contribution in [2.24, 2.45) is 0 Å².